The van der Waals surface area contributed by atoms with E-state index in [1.54, 1.807) is 6.20 Å². The van der Waals surface area contributed by atoms with Crippen LogP contribution < -0.4 is 10.1 Å². The van der Waals surface area contributed by atoms with E-state index in [1.807, 2.05) is 6.92 Å². The second-order valence-corrected chi connectivity index (χ2v) is 6.91. The zero-order valence-corrected chi connectivity index (χ0v) is 14.2. The largest absolute Gasteiger partial charge is 0.488 e. The van der Waals surface area contributed by atoms with Crippen molar-refractivity contribution < 1.29 is 22.7 Å². The highest BCUT2D eigenvalue weighted by Gasteiger charge is 2.36. The average Bonchev–Trinajstić information content (AvgIpc) is 3.16. The number of aromatic nitrogens is 1. The number of halogens is 3. The number of carbonyl (C=O) groups excluding carboxylic acids is 1. The van der Waals surface area contributed by atoms with Crippen molar-refractivity contribution in [1.29, 1.82) is 0 Å². The van der Waals surface area contributed by atoms with Crippen LogP contribution in [0.25, 0.3) is 0 Å². The third kappa shape index (κ3) is 4.22. The minimum Gasteiger partial charge on any atom is -0.488 e. The lowest BCUT2D eigenvalue weighted by molar-refractivity contribution is -0.139. The Balaban J connectivity index is 1.61. The molecule has 2 aromatic rings. The summed E-state index contributed by atoms with van der Waals surface area (Å²) in [4.78, 5) is 18.7. The molecule has 2 amide bonds. The van der Waals surface area contributed by atoms with Gasteiger partial charge in [0, 0.05) is 24.0 Å². The van der Waals surface area contributed by atoms with Crippen LogP contribution in [-0.4, -0.2) is 35.1 Å². The molecule has 0 saturated carbocycles. The van der Waals surface area contributed by atoms with Crippen molar-refractivity contribution in [3.05, 3.63) is 40.9 Å². The van der Waals surface area contributed by atoms with Crippen LogP contribution in [0.1, 0.15) is 16.9 Å². The Morgan fingerprint density at radius 3 is 2.84 bits per heavy atom. The maximum atomic E-state index is 13.0. The van der Waals surface area contributed by atoms with Gasteiger partial charge in [-0.3, -0.25) is 5.32 Å². The summed E-state index contributed by atoms with van der Waals surface area (Å²) >= 11 is 1.36. The third-order valence-electron chi connectivity index (χ3n) is 3.75. The van der Waals surface area contributed by atoms with E-state index < -0.39 is 17.8 Å². The second kappa shape index (κ2) is 6.91. The maximum absolute atomic E-state index is 13.0. The molecule has 1 atom stereocenters. The van der Waals surface area contributed by atoms with Crippen LogP contribution in [-0.2, 0) is 6.18 Å². The SMILES string of the molecule is Cc1cnc(NC(=O)N2CC[C@H](Oc3ccccc3C(F)(F)F)C2)s1. The Bertz CT molecular complexity index is 763. The Morgan fingerprint density at radius 2 is 2.16 bits per heavy atom. The predicted octanol–water partition coefficient (Wildman–Crippen LogP) is 4.16. The lowest BCUT2D eigenvalue weighted by Gasteiger charge is -2.19. The van der Waals surface area contributed by atoms with E-state index in [0.29, 0.717) is 18.1 Å². The number of ether oxygens (including phenoxy) is 1. The van der Waals surface area contributed by atoms with Gasteiger partial charge >= 0.3 is 12.2 Å². The van der Waals surface area contributed by atoms with Crippen molar-refractivity contribution in [1.82, 2.24) is 9.88 Å². The number of amides is 2. The molecular weight excluding hydrogens is 355 g/mol. The molecule has 25 heavy (non-hydrogen) atoms. The van der Waals surface area contributed by atoms with Crippen LogP contribution in [0.15, 0.2) is 30.5 Å². The van der Waals surface area contributed by atoms with E-state index in [4.69, 9.17) is 4.74 Å². The number of likely N-dealkylation sites (tertiary alicyclic amines) is 1. The molecular formula is C16H16F3N3O2S. The van der Waals surface area contributed by atoms with E-state index in [1.165, 1.54) is 34.4 Å². The minimum absolute atomic E-state index is 0.210. The fraction of sp³-hybridized carbons (Fsp3) is 0.375. The van der Waals surface area contributed by atoms with Gasteiger partial charge in [0.2, 0.25) is 0 Å². The quantitative estimate of drug-likeness (QED) is 0.882. The Labute approximate surface area is 146 Å². The van der Waals surface area contributed by atoms with E-state index in [0.717, 1.165) is 10.9 Å². The summed E-state index contributed by atoms with van der Waals surface area (Å²) in [7, 11) is 0. The predicted molar refractivity (Wildman–Crippen MR) is 87.9 cm³/mol. The molecule has 1 aromatic carbocycles. The highest BCUT2D eigenvalue weighted by atomic mass is 32.1. The topological polar surface area (TPSA) is 54.5 Å². The standard InChI is InChI=1S/C16H16F3N3O2S/c1-10-8-20-14(25-10)21-15(23)22-7-6-11(9-22)24-13-5-3-2-4-12(13)16(17,18)19/h2-5,8,11H,6-7,9H2,1H3,(H,20,21,23)/t11-/m0/s1. The lowest BCUT2D eigenvalue weighted by atomic mass is 10.2. The van der Waals surface area contributed by atoms with Gasteiger partial charge in [-0.15, -0.1) is 11.3 Å². The fourth-order valence-electron chi connectivity index (χ4n) is 2.58. The van der Waals surface area contributed by atoms with Crippen LogP contribution in [0.2, 0.25) is 0 Å². The van der Waals surface area contributed by atoms with Gasteiger partial charge in [-0.1, -0.05) is 12.1 Å². The summed E-state index contributed by atoms with van der Waals surface area (Å²) in [5.74, 6) is -0.210. The first-order chi connectivity index (χ1) is 11.8. The number of carbonyl (C=O) groups is 1. The molecule has 1 N–H and O–H groups in total. The highest BCUT2D eigenvalue weighted by Crippen LogP contribution is 2.36. The van der Waals surface area contributed by atoms with Crippen molar-refractivity contribution in [3.8, 4) is 5.75 Å². The molecule has 1 fully saturated rings. The molecule has 0 aliphatic carbocycles. The summed E-state index contributed by atoms with van der Waals surface area (Å²) < 4.78 is 44.5. The number of para-hydroxylation sites is 1. The molecule has 5 nitrogen and oxygen atoms in total. The summed E-state index contributed by atoms with van der Waals surface area (Å²) in [5.41, 5.74) is -0.809. The Morgan fingerprint density at radius 1 is 1.40 bits per heavy atom. The van der Waals surface area contributed by atoms with Crippen LogP contribution in [0.5, 0.6) is 5.75 Å². The van der Waals surface area contributed by atoms with Crippen molar-refractivity contribution >= 4 is 22.5 Å². The molecule has 9 heteroatoms. The van der Waals surface area contributed by atoms with E-state index in [2.05, 4.69) is 10.3 Å². The summed E-state index contributed by atoms with van der Waals surface area (Å²) in [6.45, 7) is 2.52. The van der Waals surface area contributed by atoms with E-state index in [-0.39, 0.29) is 18.3 Å². The van der Waals surface area contributed by atoms with Gasteiger partial charge in [0.15, 0.2) is 5.13 Å². The van der Waals surface area contributed by atoms with Gasteiger partial charge < -0.3 is 9.64 Å². The first-order valence-corrected chi connectivity index (χ1v) is 8.46. The molecule has 1 aliphatic heterocycles. The van der Waals surface area contributed by atoms with Gasteiger partial charge in [-0.25, -0.2) is 9.78 Å². The molecule has 0 radical (unpaired) electrons. The molecule has 0 spiro atoms. The summed E-state index contributed by atoms with van der Waals surface area (Å²) in [5, 5.41) is 3.18. The smallest absolute Gasteiger partial charge is 0.419 e. The molecule has 1 saturated heterocycles. The Kier molecular flexibility index (Phi) is 4.85. The van der Waals surface area contributed by atoms with Gasteiger partial charge in [0.25, 0.3) is 0 Å². The van der Waals surface area contributed by atoms with Gasteiger partial charge in [0.05, 0.1) is 12.1 Å². The number of rotatable bonds is 3. The number of aryl methyl sites for hydroxylation is 1. The molecule has 0 unspecified atom stereocenters. The number of hydrogen-bond acceptors (Lipinski definition) is 4. The number of thiazole rings is 1. The zero-order chi connectivity index (χ0) is 18.0. The Hall–Kier alpha value is -2.29. The summed E-state index contributed by atoms with van der Waals surface area (Å²) in [6.07, 6.45) is -2.83. The van der Waals surface area contributed by atoms with Crippen LogP contribution >= 0.6 is 11.3 Å². The van der Waals surface area contributed by atoms with Crippen LogP contribution in [0.3, 0.4) is 0 Å². The minimum atomic E-state index is -4.48. The van der Waals surface area contributed by atoms with Gasteiger partial charge in [-0.2, -0.15) is 13.2 Å². The van der Waals surface area contributed by atoms with Crippen LogP contribution in [0.4, 0.5) is 23.1 Å². The highest BCUT2D eigenvalue weighted by molar-refractivity contribution is 7.15. The fourth-order valence-corrected chi connectivity index (χ4v) is 3.23. The number of benzene rings is 1. The normalized spacial score (nSPS) is 17.6. The molecule has 0 bridgehead atoms. The van der Waals surface area contributed by atoms with Crippen LogP contribution in [0, 0.1) is 6.92 Å². The van der Waals surface area contributed by atoms with Crippen molar-refractivity contribution in [2.45, 2.75) is 25.6 Å². The maximum Gasteiger partial charge on any atom is 0.419 e. The van der Waals surface area contributed by atoms with Crippen molar-refractivity contribution in [3.63, 3.8) is 0 Å². The molecule has 2 heterocycles. The molecule has 1 aliphatic rings. The first kappa shape index (κ1) is 17.5. The second-order valence-electron chi connectivity index (χ2n) is 5.67. The molecule has 3 rings (SSSR count). The average molecular weight is 371 g/mol. The van der Waals surface area contributed by atoms with Gasteiger partial charge in [-0.05, 0) is 19.1 Å². The number of alkyl halides is 3. The number of nitrogens with zero attached hydrogens (tertiary/aromatic N) is 2. The van der Waals surface area contributed by atoms with E-state index in [9.17, 15) is 18.0 Å². The molecule has 134 valence electrons. The van der Waals surface area contributed by atoms with E-state index >= 15 is 0 Å². The van der Waals surface area contributed by atoms with Crippen molar-refractivity contribution in [2.75, 3.05) is 18.4 Å². The monoisotopic (exact) mass is 371 g/mol. The number of hydrogen-bond donors (Lipinski definition) is 1. The number of nitrogens with one attached hydrogen (secondary N) is 1. The zero-order valence-electron chi connectivity index (χ0n) is 13.3. The third-order valence-corrected chi connectivity index (χ3v) is 4.58. The number of urea groups is 1. The van der Waals surface area contributed by atoms with Gasteiger partial charge in [0.1, 0.15) is 11.9 Å². The van der Waals surface area contributed by atoms with Crippen molar-refractivity contribution in [2.24, 2.45) is 0 Å². The molecule has 1 aromatic heterocycles. The number of anilines is 1. The lowest BCUT2D eigenvalue weighted by Crippen LogP contribution is -2.34. The summed E-state index contributed by atoms with van der Waals surface area (Å²) in [6, 6.07) is 4.77. The first-order valence-electron chi connectivity index (χ1n) is 7.64.